The standard InChI is InChI=1S/C22H32N4O2S/c1-2-16-29-20-9-4-3-8-19(20)23-21(27)17-24-10-7-11-25(15-14-24)18-22(28)26-12-5-6-13-26/h2-4,8-9H,1,5-7,10-18H2,(H,23,27). The minimum atomic E-state index is 0.0123. The molecule has 1 N–H and O–H groups in total. The highest BCUT2D eigenvalue weighted by atomic mass is 32.2. The average Bonchev–Trinajstić information content (AvgIpc) is 3.17. The molecule has 2 saturated heterocycles. The van der Waals surface area contributed by atoms with Crippen LogP contribution in [0.5, 0.6) is 0 Å². The Balaban J connectivity index is 1.45. The van der Waals surface area contributed by atoms with Gasteiger partial charge in [0.05, 0.1) is 18.8 Å². The zero-order valence-corrected chi connectivity index (χ0v) is 18.0. The average molecular weight is 417 g/mol. The van der Waals surface area contributed by atoms with Crippen molar-refractivity contribution in [2.75, 3.05) is 63.4 Å². The molecule has 1 aromatic rings. The molecule has 2 fully saturated rings. The fraction of sp³-hybridized carbons (Fsp3) is 0.545. The van der Waals surface area contributed by atoms with Crippen LogP contribution >= 0.6 is 11.8 Å². The van der Waals surface area contributed by atoms with Crippen LogP contribution in [0.4, 0.5) is 5.69 Å². The normalized spacial score (nSPS) is 18.4. The number of hydrogen-bond donors (Lipinski definition) is 1. The first-order valence-corrected chi connectivity index (χ1v) is 11.5. The first kappa shape index (κ1) is 21.9. The molecule has 0 spiro atoms. The minimum absolute atomic E-state index is 0.0123. The summed E-state index contributed by atoms with van der Waals surface area (Å²) in [5, 5.41) is 3.06. The first-order chi connectivity index (χ1) is 14.2. The van der Waals surface area contributed by atoms with E-state index in [0.717, 1.165) is 74.9 Å². The lowest BCUT2D eigenvalue weighted by molar-refractivity contribution is -0.131. The second kappa shape index (κ2) is 11.4. The highest BCUT2D eigenvalue weighted by molar-refractivity contribution is 7.99. The Morgan fingerprint density at radius 2 is 1.66 bits per heavy atom. The summed E-state index contributed by atoms with van der Waals surface area (Å²) in [6.07, 6.45) is 5.10. The highest BCUT2D eigenvalue weighted by Crippen LogP contribution is 2.26. The SMILES string of the molecule is C=CCSc1ccccc1NC(=O)CN1CCCN(CC(=O)N2CCCC2)CC1. The summed E-state index contributed by atoms with van der Waals surface area (Å²) in [4.78, 5) is 32.5. The third kappa shape index (κ3) is 6.87. The van der Waals surface area contributed by atoms with Crippen LogP contribution in [0.2, 0.25) is 0 Å². The number of hydrogen-bond acceptors (Lipinski definition) is 5. The first-order valence-electron chi connectivity index (χ1n) is 10.5. The summed E-state index contributed by atoms with van der Waals surface area (Å²) in [6, 6.07) is 7.88. The van der Waals surface area contributed by atoms with Gasteiger partial charge in [-0.15, -0.1) is 18.3 Å². The van der Waals surface area contributed by atoms with Crippen molar-refractivity contribution < 1.29 is 9.59 Å². The molecule has 0 bridgehead atoms. The van der Waals surface area contributed by atoms with E-state index >= 15 is 0 Å². The molecule has 1 aromatic carbocycles. The number of benzene rings is 1. The largest absolute Gasteiger partial charge is 0.342 e. The van der Waals surface area contributed by atoms with Crippen LogP contribution in [-0.4, -0.2) is 84.6 Å². The van der Waals surface area contributed by atoms with Crippen molar-refractivity contribution in [2.45, 2.75) is 24.2 Å². The van der Waals surface area contributed by atoms with Crippen molar-refractivity contribution >= 4 is 29.3 Å². The summed E-state index contributed by atoms with van der Waals surface area (Å²) in [5.74, 6) is 1.07. The van der Waals surface area contributed by atoms with Gasteiger partial charge in [0.15, 0.2) is 0 Å². The fourth-order valence-electron chi connectivity index (χ4n) is 3.84. The zero-order chi connectivity index (χ0) is 20.5. The molecular weight excluding hydrogens is 384 g/mol. The van der Waals surface area contributed by atoms with Crippen LogP contribution < -0.4 is 5.32 Å². The van der Waals surface area contributed by atoms with Gasteiger partial charge in [-0.25, -0.2) is 0 Å². The van der Waals surface area contributed by atoms with Gasteiger partial charge in [-0.3, -0.25) is 19.4 Å². The predicted molar refractivity (Wildman–Crippen MR) is 119 cm³/mol. The molecular formula is C22H32N4O2S. The van der Waals surface area contributed by atoms with E-state index in [-0.39, 0.29) is 11.8 Å². The Hall–Kier alpha value is -1.83. The van der Waals surface area contributed by atoms with E-state index in [4.69, 9.17) is 0 Å². The second-order valence-corrected chi connectivity index (χ2v) is 8.70. The Bertz CT molecular complexity index is 706. The van der Waals surface area contributed by atoms with Crippen molar-refractivity contribution in [1.82, 2.24) is 14.7 Å². The molecule has 0 atom stereocenters. The summed E-state index contributed by atoms with van der Waals surface area (Å²) in [6.45, 7) is 9.91. The Morgan fingerprint density at radius 3 is 2.38 bits per heavy atom. The van der Waals surface area contributed by atoms with E-state index in [1.807, 2.05) is 35.2 Å². The number of thioether (sulfide) groups is 1. The number of nitrogens with one attached hydrogen (secondary N) is 1. The number of anilines is 1. The van der Waals surface area contributed by atoms with Gasteiger partial charge in [0, 0.05) is 36.8 Å². The van der Waals surface area contributed by atoms with E-state index in [9.17, 15) is 9.59 Å². The van der Waals surface area contributed by atoms with Gasteiger partial charge in [-0.2, -0.15) is 0 Å². The lowest BCUT2D eigenvalue weighted by Gasteiger charge is -2.23. The van der Waals surface area contributed by atoms with Crippen LogP contribution in [0.3, 0.4) is 0 Å². The van der Waals surface area contributed by atoms with Crippen molar-refractivity contribution in [2.24, 2.45) is 0 Å². The number of amides is 2. The smallest absolute Gasteiger partial charge is 0.238 e. The third-order valence-electron chi connectivity index (χ3n) is 5.38. The lowest BCUT2D eigenvalue weighted by atomic mass is 10.3. The maximum Gasteiger partial charge on any atom is 0.238 e. The molecule has 158 valence electrons. The lowest BCUT2D eigenvalue weighted by Crippen LogP contribution is -2.41. The Labute approximate surface area is 178 Å². The number of rotatable bonds is 8. The molecule has 7 heteroatoms. The topological polar surface area (TPSA) is 55.9 Å². The van der Waals surface area contributed by atoms with E-state index in [1.54, 1.807) is 11.8 Å². The second-order valence-electron chi connectivity index (χ2n) is 7.64. The highest BCUT2D eigenvalue weighted by Gasteiger charge is 2.23. The minimum Gasteiger partial charge on any atom is -0.342 e. The summed E-state index contributed by atoms with van der Waals surface area (Å²) >= 11 is 1.67. The predicted octanol–water partition coefficient (Wildman–Crippen LogP) is 2.53. The van der Waals surface area contributed by atoms with Gasteiger partial charge < -0.3 is 10.2 Å². The Kier molecular flexibility index (Phi) is 8.58. The van der Waals surface area contributed by atoms with Crippen LogP contribution in [0, 0.1) is 0 Å². The van der Waals surface area contributed by atoms with Crippen molar-refractivity contribution in [3.63, 3.8) is 0 Å². The van der Waals surface area contributed by atoms with E-state index < -0.39 is 0 Å². The zero-order valence-electron chi connectivity index (χ0n) is 17.1. The van der Waals surface area contributed by atoms with Crippen molar-refractivity contribution in [3.8, 4) is 0 Å². The molecule has 0 aromatic heterocycles. The van der Waals surface area contributed by atoms with Gasteiger partial charge in [-0.1, -0.05) is 18.2 Å². The maximum absolute atomic E-state index is 12.6. The fourth-order valence-corrected chi connectivity index (χ4v) is 4.58. The quantitative estimate of drug-likeness (QED) is 0.521. The molecule has 0 unspecified atom stereocenters. The van der Waals surface area contributed by atoms with Gasteiger partial charge >= 0.3 is 0 Å². The van der Waals surface area contributed by atoms with E-state index in [0.29, 0.717) is 13.1 Å². The number of carbonyl (C=O) groups is 2. The number of carbonyl (C=O) groups excluding carboxylic acids is 2. The van der Waals surface area contributed by atoms with E-state index in [2.05, 4.69) is 21.7 Å². The van der Waals surface area contributed by atoms with Gasteiger partial charge in [0.2, 0.25) is 11.8 Å². The van der Waals surface area contributed by atoms with Crippen LogP contribution in [0.1, 0.15) is 19.3 Å². The summed E-state index contributed by atoms with van der Waals surface area (Å²) < 4.78 is 0. The molecule has 6 nitrogen and oxygen atoms in total. The third-order valence-corrected chi connectivity index (χ3v) is 6.45. The molecule has 2 aliphatic heterocycles. The van der Waals surface area contributed by atoms with Crippen LogP contribution in [0.25, 0.3) is 0 Å². The van der Waals surface area contributed by atoms with Crippen molar-refractivity contribution in [1.29, 1.82) is 0 Å². The van der Waals surface area contributed by atoms with Crippen LogP contribution in [-0.2, 0) is 9.59 Å². The molecule has 0 aliphatic carbocycles. The Morgan fingerprint density at radius 1 is 0.966 bits per heavy atom. The molecule has 29 heavy (non-hydrogen) atoms. The van der Waals surface area contributed by atoms with Gasteiger partial charge in [0.25, 0.3) is 0 Å². The molecule has 2 heterocycles. The number of para-hydroxylation sites is 1. The molecule has 2 aliphatic rings. The molecule has 3 rings (SSSR count). The monoisotopic (exact) mass is 416 g/mol. The number of likely N-dealkylation sites (tertiary alicyclic amines) is 1. The van der Waals surface area contributed by atoms with Gasteiger partial charge in [-0.05, 0) is 44.5 Å². The molecule has 2 amide bonds. The maximum atomic E-state index is 12.6. The van der Waals surface area contributed by atoms with E-state index in [1.165, 1.54) is 0 Å². The number of nitrogens with zero attached hydrogens (tertiary/aromatic N) is 3. The summed E-state index contributed by atoms with van der Waals surface area (Å²) in [7, 11) is 0. The van der Waals surface area contributed by atoms with Crippen molar-refractivity contribution in [3.05, 3.63) is 36.9 Å². The van der Waals surface area contributed by atoms with Gasteiger partial charge in [0.1, 0.15) is 0 Å². The molecule has 0 saturated carbocycles. The molecule has 0 radical (unpaired) electrons. The summed E-state index contributed by atoms with van der Waals surface area (Å²) in [5.41, 5.74) is 0.858. The van der Waals surface area contributed by atoms with Crippen LogP contribution in [0.15, 0.2) is 41.8 Å².